The van der Waals surface area contributed by atoms with E-state index in [1.165, 1.54) is 31.5 Å². The van der Waals surface area contributed by atoms with Crippen LogP contribution in [0.15, 0.2) is 47.7 Å². The molecule has 6 nitrogen and oxygen atoms in total. The number of nitrogens with zero attached hydrogens (tertiary/aromatic N) is 4. The van der Waals surface area contributed by atoms with E-state index in [-0.39, 0.29) is 0 Å². The molecule has 0 saturated carbocycles. The zero-order valence-corrected chi connectivity index (χ0v) is 17.4. The number of aromatic nitrogens is 2. The predicted molar refractivity (Wildman–Crippen MR) is 115 cm³/mol. The first-order valence-corrected chi connectivity index (χ1v) is 10.4. The van der Waals surface area contributed by atoms with Gasteiger partial charge in [-0.3, -0.25) is 9.89 Å². The van der Waals surface area contributed by atoms with Gasteiger partial charge < -0.3 is 15.2 Å². The van der Waals surface area contributed by atoms with Crippen LogP contribution in [-0.2, 0) is 13.1 Å². The van der Waals surface area contributed by atoms with Crippen molar-refractivity contribution in [2.24, 2.45) is 10.9 Å². The first kappa shape index (κ1) is 20.4. The molecule has 1 atom stereocenters. The fraction of sp³-hybridized carbons (Fsp3) is 0.545. The molecule has 6 heteroatoms. The van der Waals surface area contributed by atoms with E-state index in [4.69, 9.17) is 0 Å². The van der Waals surface area contributed by atoms with Crippen LogP contribution in [0.3, 0.4) is 0 Å². The van der Waals surface area contributed by atoms with Crippen molar-refractivity contribution in [1.82, 2.24) is 25.1 Å². The Balaban J connectivity index is 1.58. The predicted octanol–water partition coefficient (Wildman–Crippen LogP) is 3.04. The number of nitrogens with one attached hydrogen (secondary N) is 2. The molecule has 1 unspecified atom stereocenters. The van der Waals surface area contributed by atoms with E-state index in [9.17, 15) is 0 Å². The fourth-order valence-corrected chi connectivity index (χ4v) is 3.83. The Morgan fingerprint density at radius 3 is 2.57 bits per heavy atom. The van der Waals surface area contributed by atoms with Gasteiger partial charge in [-0.1, -0.05) is 44.2 Å². The normalized spacial score (nSPS) is 16.5. The molecule has 2 heterocycles. The van der Waals surface area contributed by atoms with Crippen LogP contribution < -0.4 is 10.6 Å². The van der Waals surface area contributed by atoms with Gasteiger partial charge in [0.1, 0.15) is 5.82 Å². The lowest BCUT2D eigenvalue weighted by Crippen LogP contribution is -2.42. The Labute approximate surface area is 169 Å². The van der Waals surface area contributed by atoms with Crippen LogP contribution in [0, 0.1) is 5.92 Å². The minimum absolute atomic E-state index is 0.366. The monoisotopic (exact) mass is 382 g/mol. The van der Waals surface area contributed by atoms with Crippen molar-refractivity contribution in [1.29, 1.82) is 0 Å². The quantitative estimate of drug-likeness (QED) is 0.544. The van der Waals surface area contributed by atoms with Gasteiger partial charge in [-0.05, 0) is 37.4 Å². The van der Waals surface area contributed by atoms with Gasteiger partial charge in [0, 0.05) is 32.5 Å². The molecule has 1 fully saturated rings. The van der Waals surface area contributed by atoms with E-state index in [1.807, 2.05) is 19.4 Å². The summed E-state index contributed by atoms with van der Waals surface area (Å²) in [4.78, 5) is 11.5. The molecule has 2 aromatic rings. The molecular formula is C22H34N6. The van der Waals surface area contributed by atoms with Gasteiger partial charge in [0.25, 0.3) is 0 Å². The Morgan fingerprint density at radius 1 is 1.14 bits per heavy atom. The zero-order chi connectivity index (χ0) is 19.8. The SMILES string of the molecule is CN=C(NCc1nccn1CC(C)C)NCC(c1ccccc1)N1CCCC1. The standard InChI is InChI=1S/C22H34N6/c1-18(2)17-28-14-11-24-21(28)16-26-22(23-3)25-15-20(27-12-7-8-13-27)19-9-5-4-6-10-19/h4-6,9-11,14,18,20H,7-8,12-13,15-17H2,1-3H3,(H2,23,25,26). The Hall–Kier alpha value is -2.34. The maximum atomic E-state index is 4.49. The number of imidazole rings is 1. The third-order valence-corrected chi connectivity index (χ3v) is 5.23. The summed E-state index contributed by atoms with van der Waals surface area (Å²) in [5.74, 6) is 2.45. The van der Waals surface area contributed by atoms with E-state index in [1.54, 1.807) is 0 Å². The van der Waals surface area contributed by atoms with Gasteiger partial charge in [-0.2, -0.15) is 0 Å². The first-order chi connectivity index (χ1) is 13.7. The van der Waals surface area contributed by atoms with Gasteiger partial charge >= 0.3 is 0 Å². The second-order valence-corrected chi connectivity index (χ2v) is 7.87. The minimum atomic E-state index is 0.366. The summed E-state index contributed by atoms with van der Waals surface area (Å²) in [5.41, 5.74) is 1.36. The summed E-state index contributed by atoms with van der Waals surface area (Å²) in [6.07, 6.45) is 6.49. The summed E-state index contributed by atoms with van der Waals surface area (Å²) in [6, 6.07) is 11.1. The van der Waals surface area contributed by atoms with Gasteiger partial charge in [0.05, 0.1) is 12.6 Å². The maximum absolute atomic E-state index is 4.49. The Kier molecular flexibility index (Phi) is 7.48. The van der Waals surface area contributed by atoms with Crippen molar-refractivity contribution in [2.45, 2.75) is 45.8 Å². The molecule has 0 radical (unpaired) electrons. The number of guanidine groups is 1. The molecule has 2 N–H and O–H groups in total. The van der Waals surface area contributed by atoms with Crippen LogP contribution in [0.25, 0.3) is 0 Å². The molecule has 0 spiro atoms. The van der Waals surface area contributed by atoms with Crippen molar-refractivity contribution in [3.63, 3.8) is 0 Å². The fourth-order valence-electron chi connectivity index (χ4n) is 3.83. The highest BCUT2D eigenvalue weighted by Crippen LogP contribution is 2.24. The van der Waals surface area contributed by atoms with E-state index in [2.05, 4.69) is 74.3 Å². The van der Waals surface area contributed by atoms with E-state index in [0.29, 0.717) is 18.5 Å². The molecule has 0 aliphatic carbocycles. The molecule has 1 aliphatic rings. The van der Waals surface area contributed by atoms with Crippen LogP contribution in [-0.4, -0.2) is 47.1 Å². The van der Waals surface area contributed by atoms with Crippen LogP contribution >= 0.6 is 0 Å². The molecule has 28 heavy (non-hydrogen) atoms. The average Bonchev–Trinajstić information content (AvgIpc) is 3.37. The summed E-state index contributed by atoms with van der Waals surface area (Å²) in [6.45, 7) is 9.26. The molecule has 152 valence electrons. The van der Waals surface area contributed by atoms with Crippen LogP contribution in [0.5, 0.6) is 0 Å². The van der Waals surface area contributed by atoms with Crippen LogP contribution in [0.4, 0.5) is 0 Å². The van der Waals surface area contributed by atoms with Gasteiger partial charge in [-0.15, -0.1) is 0 Å². The van der Waals surface area contributed by atoms with Crippen molar-refractivity contribution < 1.29 is 0 Å². The summed E-state index contributed by atoms with van der Waals surface area (Å²) in [7, 11) is 1.82. The first-order valence-electron chi connectivity index (χ1n) is 10.4. The summed E-state index contributed by atoms with van der Waals surface area (Å²) in [5, 5.41) is 6.95. The maximum Gasteiger partial charge on any atom is 0.191 e. The van der Waals surface area contributed by atoms with Crippen molar-refractivity contribution >= 4 is 5.96 Å². The molecule has 1 aromatic heterocycles. The second kappa shape index (κ2) is 10.3. The number of benzene rings is 1. The summed E-state index contributed by atoms with van der Waals surface area (Å²) < 4.78 is 2.21. The summed E-state index contributed by atoms with van der Waals surface area (Å²) >= 11 is 0. The average molecular weight is 383 g/mol. The van der Waals surface area contributed by atoms with Crippen LogP contribution in [0.2, 0.25) is 0 Å². The zero-order valence-electron chi connectivity index (χ0n) is 17.4. The third-order valence-electron chi connectivity index (χ3n) is 5.23. The van der Waals surface area contributed by atoms with Gasteiger partial charge in [0.15, 0.2) is 5.96 Å². The molecule has 3 rings (SSSR count). The second-order valence-electron chi connectivity index (χ2n) is 7.87. The number of rotatable bonds is 8. The number of aliphatic imine (C=N–C) groups is 1. The Morgan fingerprint density at radius 2 is 1.89 bits per heavy atom. The number of hydrogen-bond acceptors (Lipinski definition) is 3. The van der Waals surface area contributed by atoms with Crippen molar-refractivity contribution in [3.8, 4) is 0 Å². The lowest BCUT2D eigenvalue weighted by atomic mass is 10.1. The van der Waals surface area contributed by atoms with E-state index >= 15 is 0 Å². The smallest absolute Gasteiger partial charge is 0.191 e. The molecule has 0 amide bonds. The lowest BCUT2D eigenvalue weighted by Gasteiger charge is -2.29. The highest BCUT2D eigenvalue weighted by atomic mass is 15.2. The highest BCUT2D eigenvalue weighted by Gasteiger charge is 2.23. The number of hydrogen-bond donors (Lipinski definition) is 2. The number of likely N-dealkylation sites (tertiary alicyclic amines) is 1. The van der Waals surface area contributed by atoms with Gasteiger partial charge in [-0.25, -0.2) is 4.98 Å². The minimum Gasteiger partial charge on any atom is -0.354 e. The topological polar surface area (TPSA) is 57.5 Å². The van der Waals surface area contributed by atoms with Crippen molar-refractivity contribution in [2.75, 3.05) is 26.7 Å². The van der Waals surface area contributed by atoms with E-state index in [0.717, 1.165) is 24.9 Å². The van der Waals surface area contributed by atoms with Crippen LogP contribution in [0.1, 0.15) is 44.1 Å². The lowest BCUT2D eigenvalue weighted by molar-refractivity contribution is 0.245. The molecule has 1 aromatic carbocycles. The highest BCUT2D eigenvalue weighted by molar-refractivity contribution is 5.79. The Bertz CT molecular complexity index is 730. The molecule has 0 bridgehead atoms. The largest absolute Gasteiger partial charge is 0.354 e. The molecule has 1 aliphatic heterocycles. The third kappa shape index (κ3) is 5.58. The van der Waals surface area contributed by atoms with Crippen molar-refractivity contribution in [3.05, 3.63) is 54.1 Å². The van der Waals surface area contributed by atoms with E-state index < -0.39 is 0 Å². The molecule has 1 saturated heterocycles. The molecular weight excluding hydrogens is 348 g/mol. The van der Waals surface area contributed by atoms with Gasteiger partial charge in [0.2, 0.25) is 0 Å².